The summed E-state index contributed by atoms with van der Waals surface area (Å²) in [7, 11) is 0. The number of carbonyl (C=O) groups is 1. The fraction of sp³-hybridized carbons (Fsp3) is 0.917. The molecule has 0 aliphatic heterocycles. The van der Waals surface area contributed by atoms with E-state index in [1.807, 2.05) is 13.8 Å². The molecule has 0 radical (unpaired) electrons. The van der Waals surface area contributed by atoms with Gasteiger partial charge in [-0.3, -0.25) is 4.79 Å². The molecule has 0 aromatic heterocycles. The van der Waals surface area contributed by atoms with Gasteiger partial charge in [-0.2, -0.15) is 0 Å². The smallest absolute Gasteiger partial charge is 0.240 e. The number of hydrogen-bond acceptors (Lipinski definition) is 3. The number of hydrogen-bond donors (Lipinski definition) is 3. The highest BCUT2D eigenvalue weighted by Crippen LogP contribution is 2.27. The van der Waals surface area contributed by atoms with Crippen LogP contribution in [0.5, 0.6) is 0 Å². The summed E-state index contributed by atoms with van der Waals surface area (Å²) in [6.07, 6.45) is 4.01. The van der Waals surface area contributed by atoms with Crippen molar-refractivity contribution in [1.82, 2.24) is 5.32 Å². The minimum Gasteiger partial charge on any atom is -0.391 e. The van der Waals surface area contributed by atoms with Gasteiger partial charge in [0, 0.05) is 6.54 Å². The van der Waals surface area contributed by atoms with Crippen LogP contribution in [-0.4, -0.2) is 29.2 Å². The maximum absolute atomic E-state index is 11.8. The van der Waals surface area contributed by atoms with E-state index in [1.165, 1.54) is 0 Å². The molecule has 2 unspecified atom stereocenters. The minimum atomic E-state index is -0.685. The summed E-state index contributed by atoms with van der Waals surface area (Å²) in [4.78, 5) is 11.8. The molecule has 1 saturated carbocycles. The van der Waals surface area contributed by atoms with E-state index in [4.69, 9.17) is 5.73 Å². The standard InChI is InChI=1S/C12H24N2O2/c1-3-9(2)10(15)8-14-11(16)12(13)6-4-5-7-12/h9-10,15H,3-8,13H2,1-2H3,(H,14,16). The molecule has 0 spiro atoms. The monoisotopic (exact) mass is 228 g/mol. The summed E-state index contributed by atoms with van der Waals surface area (Å²) in [5.41, 5.74) is 5.32. The lowest BCUT2D eigenvalue weighted by Gasteiger charge is -2.24. The highest BCUT2D eigenvalue weighted by molar-refractivity contribution is 5.86. The predicted octanol–water partition coefficient (Wildman–Crippen LogP) is 0.781. The summed E-state index contributed by atoms with van der Waals surface area (Å²) in [6, 6.07) is 0. The van der Waals surface area contributed by atoms with Gasteiger partial charge >= 0.3 is 0 Å². The van der Waals surface area contributed by atoms with E-state index in [1.54, 1.807) is 0 Å². The first kappa shape index (κ1) is 13.5. The number of rotatable bonds is 5. The lowest BCUT2D eigenvalue weighted by Crippen LogP contribution is -2.53. The fourth-order valence-corrected chi connectivity index (χ4v) is 2.08. The molecule has 0 bridgehead atoms. The summed E-state index contributed by atoms with van der Waals surface area (Å²) >= 11 is 0. The molecule has 0 aromatic rings. The Balaban J connectivity index is 2.35. The second-order valence-corrected chi connectivity index (χ2v) is 5.03. The molecule has 4 heteroatoms. The van der Waals surface area contributed by atoms with E-state index in [2.05, 4.69) is 5.32 Å². The van der Waals surface area contributed by atoms with Crippen LogP contribution in [0.2, 0.25) is 0 Å². The van der Waals surface area contributed by atoms with E-state index >= 15 is 0 Å². The Kier molecular flexibility index (Phi) is 4.74. The maximum atomic E-state index is 11.8. The predicted molar refractivity (Wildman–Crippen MR) is 63.9 cm³/mol. The van der Waals surface area contributed by atoms with Crippen molar-refractivity contribution in [2.45, 2.75) is 57.6 Å². The van der Waals surface area contributed by atoms with Crippen LogP contribution < -0.4 is 11.1 Å². The van der Waals surface area contributed by atoms with Gasteiger partial charge in [-0.05, 0) is 18.8 Å². The van der Waals surface area contributed by atoms with Gasteiger partial charge in [-0.25, -0.2) is 0 Å². The summed E-state index contributed by atoms with van der Waals surface area (Å²) < 4.78 is 0. The van der Waals surface area contributed by atoms with Crippen molar-refractivity contribution in [3.05, 3.63) is 0 Å². The van der Waals surface area contributed by atoms with Gasteiger partial charge in [0.25, 0.3) is 0 Å². The molecular formula is C12H24N2O2. The van der Waals surface area contributed by atoms with Gasteiger partial charge in [0.1, 0.15) is 0 Å². The Bertz CT molecular complexity index is 237. The molecule has 1 fully saturated rings. The van der Waals surface area contributed by atoms with Crippen molar-refractivity contribution in [3.8, 4) is 0 Å². The SMILES string of the molecule is CCC(C)C(O)CNC(=O)C1(N)CCCC1. The van der Waals surface area contributed by atoms with Gasteiger partial charge in [0.15, 0.2) is 0 Å². The molecule has 1 aliphatic carbocycles. The normalized spacial score (nSPS) is 22.8. The number of nitrogens with one attached hydrogen (secondary N) is 1. The lowest BCUT2D eigenvalue weighted by atomic mass is 9.97. The van der Waals surface area contributed by atoms with Crippen molar-refractivity contribution in [3.63, 3.8) is 0 Å². The Labute approximate surface area is 97.6 Å². The number of carbonyl (C=O) groups excluding carboxylic acids is 1. The zero-order valence-electron chi connectivity index (χ0n) is 10.3. The largest absolute Gasteiger partial charge is 0.391 e. The molecule has 1 rings (SSSR count). The second kappa shape index (κ2) is 5.64. The van der Waals surface area contributed by atoms with Crippen LogP contribution in [-0.2, 0) is 4.79 Å². The molecule has 16 heavy (non-hydrogen) atoms. The van der Waals surface area contributed by atoms with Crippen LogP contribution in [0.1, 0.15) is 46.0 Å². The molecule has 1 amide bonds. The van der Waals surface area contributed by atoms with Crippen LogP contribution >= 0.6 is 0 Å². The molecule has 2 atom stereocenters. The molecular weight excluding hydrogens is 204 g/mol. The highest BCUT2D eigenvalue weighted by atomic mass is 16.3. The first-order valence-electron chi connectivity index (χ1n) is 6.25. The summed E-state index contributed by atoms with van der Waals surface area (Å²) in [5.74, 6) is 0.102. The van der Waals surface area contributed by atoms with Crippen LogP contribution in [0.25, 0.3) is 0 Å². The average Bonchev–Trinajstić information content (AvgIpc) is 2.72. The van der Waals surface area contributed by atoms with Crippen molar-refractivity contribution in [2.75, 3.05) is 6.54 Å². The van der Waals surface area contributed by atoms with E-state index in [0.717, 1.165) is 32.1 Å². The van der Waals surface area contributed by atoms with Gasteiger partial charge in [0.2, 0.25) is 5.91 Å². The first-order chi connectivity index (χ1) is 7.49. The summed E-state index contributed by atoms with van der Waals surface area (Å²) in [5, 5.41) is 12.5. The Morgan fingerprint density at radius 3 is 2.56 bits per heavy atom. The van der Waals surface area contributed by atoms with Gasteiger partial charge in [0.05, 0.1) is 11.6 Å². The van der Waals surface area contributed by atoms with Gasteiger partial charge in [-0.15, -0.1) is 0 Å². The van der Waals surface area contributed by atoms with Crippen LogP contribution in [0, 0.1) is 5.92 Å². The van der Waals surface area contributed by atoms with Gasteiger partial charge in [-0.1, -0.05) is 33.1 Å². The number of aliphatic hydroxyl groups is 1. The van der Waals surface area contributed by atoms with Crippen molar-refractivity contribution < 1.29 is 9.90 Å². The maximum Gasteiger partial charge on any atom is 0.240 e. The molecule has 0 heterocycles. The Morgan fingerprint density at radius 2 is 2.06 bits per heavy atom. The third kappa shape index (κ3) is 3.19. The van der Waals surface area contributed by atoms with E-state index in [9.17, 15) is 9.90 Å². The van der Waals surface area contributed by atoms with Crippen LogP contribution in [0.15, 0.2) is 0 Å². The summed E-state index contributed by atoms with van der Waals surface area (Å²) in [6.45, 7) is 4.31. The fourth-order valence-electron chi connectivity index (χ4n) is 2.08. The minimum absolute atomic E-state index is 0.104. The Morgan fingerprint density at radius 1 is 1.50 bits per heavy atom. The molecule has 1 aliphatic rings. The quantitative estimate of drug-likeness (QED) is 0.651. The van der Waals surface area contributed by atoms with Crippen molar-refractivity contribution >= 4 is 5.91 Å². The first-order valence-corrected chi connectivity index (χ1v) is 6.25. The molecule has 0 aromatic carbocycles. The number of amides is 1. The van der Waals surface area contributed by atoms with Crippen LogP contribution in [0.4, 0.5) is 0 Å². The molecule has 4 nitrogen and oxygen atoms in total. The zero-order valence-corrected chi connectivity index (χ0v) is 10.3. The topological polar surface area (TPSA) is 75.3 Å². The lowest BCUT2D eigenvalue weighted by molar-refractivity contribution is -0.126. The third-order valence-corrected chi connectivity index (χ3v) is 3.72. The van der Waals surface area contributed by atoms with E-state index in [0.29, 0.717) is 6.54 Å². The average molecular weight is 228 g/mol. The number of nitrogens with two attached hydrogens (primary N) is 1. The molecule has 4 N–H and O–H groups in total. The number of aliphatic hydroxyl groups excluding tert-OH is 1. The third-order valence-electron chi connectivity index (χ3n) is 3.72. The van der Waals surface area contributed by atoms with Crippen molar-refractivity contribution in [2.24, 2.45) is 11.7 Å². The molecule has 94 valence electrons. The van der Waals surface area contributed by atoms with Gasteiger partial charge < -0.3 is 16.2 Å². The van der Waals surface area contributed by atoms with E-state index in [-0.39, 0.29) is 11.8 Å². The zero-order chi connectivity index (χ0) is 12.2. The second-order valence-electron chi connectivity index (χ2n) is 5.03. The Hall–Kier alpha value is -0.610. The molecule has 0 saturated heterocycles. The van der Waals surface area contributed by atoms with E-state index < -0.39 is 11.6 Å². The highest BCUT2D eigenvalue weighted by Gasteiger charge is 2.36. The van der Waals surface area contributed by atoms with Crippen molar-refractivity contribution in [1.29, 1.82) is 0 Å². The van der Waals surface area contributed by atoms with Crippen LogP contribution in [0.3, 0.4) is 0 Å².